The highest BCUT2D eigenvalue weighted by Crippen LogP contribution is 2.34. The first kappa shape index (κ1) is 26.6. The Kier molecular flexibility index (Phi) is 9.14. The van der Waals surface area contributed by atoms with Crippen molar-refractivity contribution in [2.45, 2.75) is 18.9 Å². The van der Waals surface area contributed by atoms with Gasteiger partial charge in [-0.15, -0.1) is 11.3 Å². The summed E-state index contributed by atoms with van der Waals surface area (Å²) in [6, 6.07) is 14.7. The average molecular weight is 527 g/mol. The number of benzene rings is 2. The first-order valence-electron chi connectivity index (χ1n) is 12.2. The Hall–Kier alpha value is -3.43. The number of carbonyl (C=O) groups is 2. The predicted molar refractivity (Wildman–Crippen MR) is 140 cm³/mol. The number of halogens is 1. The Morgan fingerprint density at radius 2 is 1.97 bits per heavy atom. The molecule has 4 rings (SSSR count). The van der Waals surface area contributed by atoms with Gasteiger partial charge in [0.1, 0.15) is 18.9 Å². The lowest BCUT2D eigenvalue weighted by atomic mass is 10.0. The van der Waals surface area contributed by atoms with E-state index in [1.807, 2.05) is 11.4 Å². The van der Waals surface area contributed by atoms with E-state index in [0.717, 1.165) is 12.0 Å². The molecule has 37 heavy (non-hydrogen) atoms. The normalized spacial score (nSPS) is 14.7. The number of para-hydroxylation sites is 1. The van der Waals surface area contributed by atoms with Gasteiger partial charge in [-0.1, -0.05) is 18.2 Å². The molecule has 1 unspecified atom stereocenters. The SMILES string of the molecule is COCCCN(CC(=O)N1CCc2sccc2C1COc1ccccc1F)C(=O)c1cccc(OC)c1. The maximum atomic E-state index is 14.2. The molecule has 1 aromatic heterocycles. The maximum Gasteiger partial charge on any atom is 0.254 e. The highest BCUT2D eigenvalue weighted by molar-refractivity contribution is 7.10. The highest BCUT2D eigenvalue weighted by Gasteiger charge is 2.33. The lowest BCUT2D eigenvalue weighted by Gasteiger charge is -2.37. The molecule has 0 aliphatic carbocycles. The van der Waals surface area contributed by atoms with Gasteiger partial charge in [0.2, 0.25) is 5.91 Å². The molecule has 1 aliphatic heterocycles. The number of rotatable bonds is 11. The molecule has 0 bridgehead atoms. The van der Waals surface area contributed by atoms with Gasteiger partial charge < -0.3 is 24.0 Å². The second kappa shape index (κ2) is 12.7. The van der Waals surface area contributed by atoms with Crippen LogP contribution in [-0.4, -0.2) is 68.7 Å². The van der Waals surface area contributed by atoms with E-state index in [1.165, 1.54) is 10.9 Å². The van der Waals surface area contributed by atoms with Crippen molar-refractivity contribution in [2.75, 3.05) is 47.1 Å². The molecule has 0 saturated carbocycles. The van der Waals surface area contributed by atoms with E-state index in [2.05, 4.69) is 0 Å². The number of ether oxygens (including phenoxy) is 3. The first-order chi connectivity index (χ1) is 18.0. The molecule has 0 fully saturated rings. The molecule has 9 heteroatoms. The van der Waals surface area contributed by atoms with Crippen LogP contribution >= 0.6 is 11.3 Å². The molecule has 3 aromatic rings. The molecule has 7 nitrogen and oxygen atoms in total. The summed E-state index contributed by atoms with van der Waals surface area (Å²) in [5.41, 5.74) is 1.45. The fraction of sp³-hybridized carbons (Fsp3) is 0.357. The van der Waals surface area contributed by atoms with E-state index in [1.54, 1.807) is 77.8 Å². The van der Waals surface area contributed by atoms with Gasteiger partial charge in [-0.25, -0.2) is 4.39 Å². The van der Waals surface area contributed by atoms with Gasteiger partial charge in [-0.3, -0.25) is 9.59 Å². The monoisotopic (exact) mass is 526 g/mol. The Bertz CT molecular complexity index is 1220. The summed E-state index contributed by atoms with van der Waals surface area (Å²) in [7, 11) is 3.15. The standard InChI is InChI=1S/C28H31FN2O5S/c1-34-15-6-13-30(28(33)20-7-5-8-21(17-20)35-2)18-27(32)31-14-11-26-22(12-16-37-26)24(31)19-36-25-10-4-3-9-23(25)29/h3-5,7-10,12,16-17,24H,6,11,13-15,18-19H2,1-2H3. The Morgan fingerprint density at radius 1 is 1.14 bits per heavy atom. The number of hydrogen-bond acceptors (Lipinski definition) is 6. The third-order valence-corrected chi connectivity index (χ3v) is 7.35. The Balaban J connectivity index is 1.53. The largest absolute Gasteiger partial charge is 0.497 e. The molecule has 2 heterocycles. The molecular formula is C28H31FN2O5S. The van der Waals surface area contributed by atoms with E-state index < -0.39 is 5.82 Å². The molecule has 0 radical (unpaired) electrons. The van der Waals surface area contributed by atoms with Gasteiger partial charge in [-0.2, -0.15) is 0 Å². The molecule has 0 spiro atoms. The minimum atomic E-state index is -0.449. The van der Waals surface area contributed by atoms with Gasteiger partial charge in [0, 0.05) is 37.2 Å². The minimum absolute atomic E-state index is 0.0879. The summed E-state index contributed by atoms with van der Waals surface area (Å²) < 4.78 is 30.5. The first-order valence-corrected chi connectivity index (χ1v) is 13.0. The van der Waals surface area contributed by atoms with Crippen molar-refractivity contribution < 1.29 is 28.2 Å². The average Bonchev–Trinajstić information content (AvgIpc) is 3.41. The molecule has 1 atom stereocenters. The zero-order chi connectivity index (χ0) is 26.2. The second-order valence-electron chi connectivity index (χ2n) is 8.70. The van der Waals surface area contributed by atoms with Gasteiger partial charge >= 0.3 is 0 Å². The van der Waals surface area contributed by atoms with Gasteiger partial charge in [0.05, 0.1) is 13.2 Å². The van der Waals surface area contributed by atoms with E-state index in [4.69, 9.17) is 14.2 Å². The fourth-order valence-electron chi connectivity index (χ4n) is 4.45. The number of amides is 2. The fourth-order valence-corrected chi connectivity index (χ4v) is 5.38. The maximum absolute atomic E-state index is 14.2. The molecule has 0 N–H and O–H groups in total. The molecular weight excluding hydrogens is 495 g/mol. The summed E-state index contributed by atoms with van der Waals surface area (Å²) in [5, 5.41) is 2.00. The van der Waals surface area contributed by atoms with Crippen LogP contribution < -0.4 is 9.47 Å². The van der Waals surface area contributed by atoms with Crippen LogP contribution in [0.25, 0.3) is 0 Å². The summed E-state index contributed by atoms with van der Waals surface area (Å²) in [4.78, 5) is 31.6. The number of hydrogen-bond donors (Lipinski definition) is 0. The van der Waals surface area contributed by atoms with Crippen LogP contribution in [0.4, 0.5) is 4.39 Å². The topological polar surface area (TPSA) is 68.3 Å². The number of fused-ring (bicyclic) bond motifs is 1. The van der Waals surface area contributed by atoms with E-state index in [0.29, 0.717) is 37.4 Å². The van der Waals surface area contributed by atoms with Crippen molar-refractivity contribution in [3.05, 3.63) is 81.8 Å². The van der Waals surface area contributed by atoms with E-state index in [9.17, 15) is 14.0 Å². The third kappa shape index (κ3) is 6.47. The minimum Gasteiger partial charge on any atom is -0.497 e. The van der Waals surface area contributed by atoms with Gasteiger partial charge in [-0.05, 0) is 60.2 Å². The Labute approximate surface area is 220 Å². The lowest BCUT2D eigenvalue weighted by molar-refractivity contribution is -0.135. The number of carbonyl (C=O) groups excluding carboxylic acids is 2. The van der Waals surface area contributed by atoms with Crippen LogP contribution in [0.2, 0.25) is 0 Å². The molecule has 2 aromatic carbocycles. The Morgan fingerprint density at radius 3 is 2.76 bits per heavy atom. The number of methoxy groups -OCH3 is 2. The third-order valence-electron chi connectivity index (χ3n) is 6.36. The van der Waals surface area contributed by atoms with Crippen LogP contribution in [0.5, 0.6) is 11.5 Å². The van der Waals surface area contributed by atoms with Crippen molar-refractivity contribution in [1.29, 1.82) is 0 Å². The zero-order valence-electron chi connectivity index (χ0n) is 21.0. The van der Waals surface area contributed by atoms with Crippen molar-refractivity contribution in [1.82, 2.24) is 9.80 Å². The van der Waals surface area contributed by atoms with Gasteiger partial charge in [0.25, 0.3) is 5.91 Å². The summed E-state index contributed by atoms with van der Waals surface area (Å²) >= 11 is 1.64. The molecule has 2 amide bonds. The quantitative estimate of drug-likeness (QED) is 0.342. The number of nitrogens with zero attached hydrogens (tertiary/aromatic N) is 2. The number of thiophene rings is 1. The lowest BCUT2D eigenvalue weighted by Crippen LogP contribution is -2.48. The van der Waals surface area contributed by atoms with Crippen LogP contribution in [0, 0.1) is 5.82 Å². The van der Waals surface area contributed by atoms with Crippen molar-refractivity contribution in [3.63, 3.8) is 0 Å². The summed E-state index contributed by atoms with van der Waals surface area (Å²) in [6.07, 6.45) is 1.32. The molecule has 1 aliphatic rings. The van der Waals surface area contributed by atoms with Crippen molar-refractivity contribution in [2.24, 2.45) is 0 Å². The van der Waals surface area contributed by atoms with Crippen LogP contribution in [-0.2, 0) is 16.0 Å². The smallest absolute Gasteiger partial charge is 0.254 e. The van der Waals surface area contributed by atoms with Crippen LogP contribution in [0.3, 0.4) is 0 Å². The molecule has 0 saturated heterocycles. The predicted octanol–water partition coefficient (Wildman–Crippen LogP) is 4.58. The van der Waals surface area contributed by atoms with E-state index in [-0.39, 0.29) is 36.8 Å². The van der Waals surface area contributed by atoms with Gasteiger partial charge in [0.15, 0.2) is 11.6 Å². The zero-order valence-corrected chi connectivity index (χ0v) is 21.8. The molecule has 196 valence electrons. The highest BCUT2D eigenvalue weighted by atomic mass is 32.1. The summed E-state index contributed by atoms with van der Waals surface area (Å²) in [5.74, 6) is -0.176. The van der Waals surface area contributed by atoms with Crippen LogP contribution in [0.1, 0.15) is 33.3 Å². The van der Waals surface area contributed by atoms with Crippen molar-refractivity contribution in [3.8, 4) is 11.5 Å². The van der Waals surface area contributed by atoms with Crippen molar-refractivity contribution >= 4 is 23.2 Å². The summed E-state index contributed by atoms with van der Waals surface area (Å²) in [6.45, 7) is 1.36. The van der Waals surface area contributed by atoms with E-state index >= 15 is 0 Å². The van der Waals surface area contributed by atoms with Crippen LogP contribution in [0.15, 0.2) is 60.0 Å². The second-order valence-corrected chi connectivity index (χ2v) is 9.70.